The summed E-state index contributed by atoms with van der Waals surface area (Å²) in [6.45, 7) is 0.812. The maximum atomic E-state index is 10.7. The molecule has 0 radical (unpaired) electrons. The van der Waals surface area contributed by atoms with Gasteiger partial charge in [0.25, 0.3) is 0 Å². The molecule has 1 aromatic heterocycles. The quantitative estimate of drug-likeness (QED) is 0.424. The Bertz CT molecular complexity index is 484. The van der Waals surface area contributed by atoms with E-state index in [0.717, 1.165) is 17.6 Å². The summed E-state index contributed by atoms with van der Waals surface area (Å²) in [6, 6.07) is 0. The number of rotatable bonds is 7. The van der Waals surface area contributed by atoms with Gasteiger partial charge >= 0.3 is 5.00 Å². The summed E-state index contributed by atoms with van der Waals surface area (Å²) in [5.74, 6) is 0. The largest absolute Gasteiger partial charge is 0.361 e. The normalized spacial score (nSPS) is 11.4. The highest BCUT2D eigenvalue weighted by atomic mass is 32.2. The smallest absolute Gasteiger partial charge is 0.345 e. The Morgan fingerprint density at radius 2 is 2.24 bits per heavy atom. The van der Waals surface area contributed by atoms with Crippen molar-refractivity contribution < 1.29 is 13.3 Å². The van der Waals surface area contributed by atoms with Gasteiger partial charge in [-0.3, -0.25) is 10.1 Å². The molecule has 10 heteroatoms. The lowest BCUT2D eigenvalue weighted by atomic mass is 10.4. The third kappa shape index (κ3) is 5.56. The Kier molecular flexibility index (Phi) is 4.78. The van der Waals surface area contributed by atoms with Crippen LogP contribution < -0.4 is 10.0 Å². The fourth-order valence-electron chi connectivity index (χ4n) is 0.973. The average molecular weight is 280 g/mol. The molecular formula is C7H12N4O4S2. The number of hydrogen-bond donors (Lipinski definition) is 2. The van der Waals surface area contributed by atoms with Gasteiger partial charge in [-0.05, 0) is 17.8 Å². The molecule has 17 heavy (non-hydrogen) atoms. The Morgan fingerprint density at radius 1 is 1.53 bits per heavy atom. The molecule has 0 fully saturated rings. The van der Waals surface area contributed by atoms with E-state index in [4.69, 9.17) is 0 Å². The van der Waals surface area contributed by atoms with Crippen LogP contribution in [0.15, 0.2) is 6.20 Å². The summed E-state index contributed by atoms with van der Waals surface area (Å²) in [4.78, 5) is 13.7. The third-order valence-corrected chi connectivity index (χ3v) is 3.30. The van der Waals surface area contributed by atoms with Crippen molar-refractivity contribution in [2.45, 2.75) is 6.42 Å². The molecule has 96 valence electrons. The number of aromatic nitrogens is 1. The van der Waals surface area contributed by atoms with E-state index in [1.165, 1.54) is 6.20 Å². The van der Waals surface area contributed by atoms with Gasteiger partial charge in [0.2, 0.25) is 10.0 Å². The summed E-state index contributed by atoms with van der Waals surface area (Å²) in [6.07, 6.45) is 2.84. The van der Waals surface area contributed by atoms with Crippen LogP contribution in [0, 0.1) is 10.1 Å². The van der Waals surface area contributed by atoms with E-state index in [1.54, 1.807) is 0 Å². The Morgan fingerprint density at radius 3 is 2.76 bits per heavy atom. The molecule has 1 aromatic rings. The predicted molar refractivity (Wildman–Crippen MR) is 64.7 cm³/mol. The zero-order valence-electron chi connectivity index (χ0n) is 9.04. The van der Waals surface area contributed by atoms with E-state index < -0.39 is 14.9 Å². The van der Waals surface area contributed by atoms with E-state index in [0.29, 0.717) is 24.6 Å². The van der Waals surface area contributed by atoms with Crippen LogP contribution in [0.4, 0.5) is 10.1 Å². The Labute approximate surface area is 102 Å². The lowest BCUT2D eigenvalue weighted by Gasteiger charge is -2.02. The number of hydrogen-bond acceptors (Lipinski definition) is 7. The minimum atomic E-state index is -3.16. The fraction of sp³-hybridized carbons (Fsp3) is 0.571. The van der Waals surface area contributed by atoms with Gasteiger partial charge in [-0.15, -0.1) is 0 Å². The topological polar surface area (TPSA) is 114 Å². The van der Waals surface area contributed by atoms with Gasteiger partial charge < -0.3 is 5.32 Å². The molecule has 0 aromatic carbocycles. The average Bonchev–Trinajstić information content (AvgIpc) is 2.64. The molecule has 0 atom stereocenters. The van der Waals surface area contributed by atoms with Crippen molar-refractivity contribution in [3.63, 3.8) is 0 Å². The maximum Gasteiger partial charge on any atom is 0.345 e. The van der Waals surface area contributed by atoms with Crippen molar-refractivity contribution in [1.82, 2.24) is 9.71 Å². The third-order valence-electron chi connectivity index (χ3n) is 1.67. The standard InChI is InChI=1S/C7H12N4O4S2/c1-17(14,15)10-4-2-3-8-7-9-5-6(16-7)11(12)13/h5,10H,2-4H2,1H3,(H,8,9). The minimum absolute atomic E-state index is 0.0261. The first-order chi connectivity index (χ1) is 7.88. The van der Waals surface area contributed by atoms with E-state index in [1.807, 2.05) is 0 Å². The molecule has 0 aliphatic heterocycles. The van der Waals surface area contributed by atoms with Crippen LogP contribution in [0.25, 0.3) is 0 Å². The first kappa shape index (κ1) is 13.8. The lowest BCUT2D eigenvalue weighted by molar-refractivity contribution is -0.380. The Hall–Kier alpha value is -1.26. The van der Waals surface area contributed by atoms with Crippen molar-refractivity contribution in [3.8, 4) is 0 Å². The van der Waals surface area contributed by atoms with Gasteiger partial charge in [0.15, 0.2) is 5.13 Å². The van der Waals surface area contributed by atoms with Crippen molar-refractivity contribution >= 4 is 31.5 Å². The number of anilines is 1. The lowest BCUT2D eigenvalue weighted by Crippen LogP contribution is -2.24. The summed E-state index contributed by atoms with van der Waals surface area (Å²) >= 11 is 0.945. The molecule has 0 aliphatic rings. The number of sulfonamides is 1. The summed E-state index contributed by atoms with van der Waals surface area (Å²) in [7, 11) is -3.16. The zero-order valence-corrected chi connectivity index (χ0v) is 10.7. The number of nitrogens with one attached hydrogen (secondary N) is 2. The van der Waals surface area contributed by atoms with Crippen LogP contribution >= 0.6 is 11.3 Å². The molecule has 0 bridgehead atoms. The van der Waals surface area contributed by atoms with Crippen LogP contribution in [0.2, 0.25) is 0 Å². The Balaban J connectivity index is 2.24. The van der Waals surface area contributed by atoms with Crippen LogP contribution in [-0.2, 0) is 10.0 Å². The second kappa shape index (κ2) is 5.89. The van der Waals surface area contributed by atoms with Crippen LogP contribution in [0.1, 0.15) is 6.42 Å². The molecule has 0 saturated heterocycles. The first-order valence-electron chi connectivity index (χ1n) is 4.67. The van der Waals surface area contributed by atoms with Gasteiger partial charge in [-0.2, -0.15) is 0 Å². The summed E-state index contributed by atoms with van der Waals surface area (Å²) in [5, 5.41) is 13.7. The number of nitrogens with zero attached hydrogens (tertiary/aromatic N) is 2. The molecular weight excluding hydrogens is 268 g/mol. The maximum absolute atomic E-state index is 10.7. The molecule has 0 saturated carbocycles. The van der Waals surface area contributed by atoms with Crippen LogP contribution in [0.3, 0.4) is 0 Å². The number of thiazole rings is 1. The fourth-order valence-corrected chi connectivity index (χ4v) is 2.15. The van der Waals surface area contributed by atoms with E-state index in [2.05, 4.69) is 15.0 Å². The highest BCUT2D eigenvalue weighted by molar-refractivity contribution is 7.88. The van der Waals surface area contributed by atoms with Gasteiger partial charge in [-0.25, -0.2) is 18.1 Å². The highest BCUT2D eigenvalue weighted by Crippen LogP contribution is 2.24. The van der Waals surface area contributed by atoms with Crippen molar-refractivity contribution in [3.05, 3.63) is 16.3 Å². The van der Waals surface area contributed by atoms with E-state index in [-0.39, 0.29) is 5.00 Å². The first-order valence-corrected chi connectivity index (χ1v) is 7.38. The molecule has 0 unspecified atom stereocenters. The second-order valence-corrected chi connectivity index (χ2v) is 6.05. The van der Waals surface area contributed by atoms with E-state index in [9.17, 15) is 18.5 Å². The molecule has 0 spiro atoms. The van der Waals surface area contributed by atoms with Crippen molar-refractivity contribution in [2.75, 3.05) is 24.7 Å². The monoisotopic (exact) mass is 280 g/mol. The van der Waals surface area contributed by atoms with E-state index >= 15 is 0 Å². The van der Waals surface area contributed by atoms with Gasteiger partial charge in [0, 0.05) is 13.1 Å². The summed E-state index contributed by atoms with van der Waals surface area (Å²) < 4.78 is 23.8. The minimum Gasteiger partial charge on any atom is -0.361 e. The van der Waals surface area contributed by atoms with Crippen molar-refractivity contribution in [2.24, 2.45) is 0 Å². The molecule has 8 nitrogen and oxygen atoms in total. The van der Waals surface area contributed by atoms with Crippen molar-refractivity contribution in [1.29, 1.82) is 0 Å². The van der Waals surface area contributed by atoms with Crippen LogP contribution in [-0.4, -0.2) is 37.7 Å². The molecule has 0 amide bonds. The predicted octanol–water partition coefficient (Wildman–Crippen LogP) is 0.402. The van der Waals surface area contributed by atoms with Gasteiger partial charge in [0.05, 0.1) is 11.2 Å². The number of nitro groups is 1. The van der Waals surface area contributed by atoms with Gasteiger partial charge in [-0.1, -0.05) is 0 Å². The molecule has 1 heterocycles. The van der Waals surface area contributed by atoms with Gasteiger partial charge in [0.1, 0.15) is 6.20 Å². The SMILES string of the molecule is CS(=O)(=O)NCCCNc1ncc([N+](=O)[O-])s1. The summed E-state index contributed by atoms with van der Waals surface area (Å²) in [5.41, 5.74) is 0. The molecule has 1 rings (SSSR count). The molecule has 2 N–H and O–H groups in total. The highest BCUT2D eigenvalue weighted by Gasteiger charge is 2.10. The second-order valence-electron chi connectivity index (χ2n) is 3.21. The zero-order chi connectivity index (χ0) is 12.9. The molecule has 0 aliphatic carbocycles. The van der Waals surface area contributed by atoms with Crippen LogP contribution in [0.5, 0.6) is 0 Å².